The summed E-state index contributed by atoms with van der Waals surface area (Å²) < 4.78 is 5.90. The second kappa shape index (κ2) is 7.87. The maximum Gasteiger partial charge on any atom is 0.264 e. The van der Waals surface area contributed by atoms with Crippen molar-refractivity contribution in [2.45, 2.75) is 6.92 Å². The molecular formula is C21H14Cl2N2O2S. The molecule has 0 bridgehead atoms. The van der Waals surface area contributed by atoms with Crippen LogP contribution in [0.25, 0.3) is 17.4 Å². The van der Waals surface area contributed by atoms with E-state index < -0.39 is 0 Å². The van der Waals surface area contributed by atoms with Crippen molar-refractivity contribution in [2.24, 2.45) is 4.99 Å². The number of nitrogens with one attached hydrogen (secondary N) is 1. The van der Waals surface area contributed by atoms with E-state index in [4.69, 9.17) is 27.6 Å². The molecule has 4 nitrogen and oxygen atoms in total. The van der Waals surface area contributed by atoms with Gasteiger partial charge in [0.15, 0.2) is 5.17 Å². The Balaban J connectivity index is 1.58. The summed E-state index contributed by atoms with van der Waals surface area (Å²) >= 11 is 13.5. The highest BCUT2D eigenvalue weighted by molar-refractivity contribution is 8.18. The molecular weight excluding hydrogens is 415 g/mol. The molecule has 2 aromatic carbocycles. The van der Waals surface area contributed by atoms with Gasteiger partial charge in [-0.05, 0) is 60.6 Å². The summed E-state index contributed by atoms with van der Waals surface area (Å²) in [7, 11) is 0. The maximum atomic E-state index is 12.3. The molecule has 0 unspecified atom stereocenters. The van der Waals surface area contributed by atoms with E-state index in [9.17, 15) is 4.79 Å². The molecule has 1 amide bonds. The molecule has 1 aliphatic heterocycles. The highest BCUT2D eigenvalue weighted by Crippen LogP contribution is 2.33. The summed E-state index contributed by atoms with van der Waals surface area (Å²) in [6.45, 7) is 1.99. The van der Waals surface area contributed by atoms with Crippen molar-refractivity contribution < 1.29 is 9.21 Å². The van der Waals surface area contributed by atoms with Crippen molar-refractivity contribution in [1.82, 2.24) is 5.32 Å². The van der Waals surface area contributed by atoms with Gasteiger partial charge in [0.05, 0.1) is 15.6 Å². The first-order valence-electron chi connectivity index (χ1n) is 8.40. The van der Waals surface area contributed by atoms with Crippen LogP contribution in [0.3, 0.4) is 0 Å². The quantitative estimate of drug-likeness (QED) is 0.487. The molecule has 0 spiro atoms. The average molecular weight is 429 g/mol. The predicted octanol–water partition coefficient (Wildman–Crippen LogP) is 6.45. The van der Waals surface area contributed by atoms with Gasteiger partial charge in [-0.2, -0.15) is 0 Å². The number of amides is 1. The molecule has 140 valence electrons. The minimum atomic E-state index is -0.229. The van der Waals surface area contributed by atoms with E-state index in [0.29, 0.717) is 37.3 Å². The fourth-order valence-electron chi connectivity index (χ4n) is 2.70. The van der Waals surface area contributed by atoms with Gasteiger partial charge < -0.3 is 9.73 Å². The molecule has 2 heterocycles. The van der Waals surface area contributed by atoms with Gasteiger partial charge in [-0.15, -0.1) is 0 Å². The Hall–Kier alpha value is -2.47. The fraction of sp³-hybridized carbons (Fsp3) is 0.0476. The van der Waals surface area contributed by atoms with Crippen molar-refractivity contribution in [1.29, 1.82) is 0 Å². The number of hydrogen-bond acceptors (Lipinski definition) is 4. The topological polar surface area (TPSA) is 54.6 Å². The molecule has 1 N–H and O–H groups in total. The molecule has 0 aliphatic carbocycles. The number of amidine groups is 1. The van der Waals surface area contributed by atoms with Crippen LogP contribution in [0.2, 0.25) is 10.0 Å². The van der Waals surface area contributed by atoms with Crippen LogP contribution in [0.1, 0.15) is 11.3 Å². The Bertz CT molecular complexity index is 1130. The Morgan fingerprint density at radius 2 is 1.93 bits per heavy atom. The molecule has 1 fully saturated rings. The zero-order valence-corrected chi connectivity index (χ0v) is 17.0. The van der Waals surface area contributed by atoms with Crippen molar-refractivity contribution in [3.05, 3.63) is 80.9 Å². The molecule has 0 atom stereocenters. The van der Waals surface area contributed by atoms with Crippen LogP contribution in [0, 0.1) is 6.92 Å². The summed E-state index contributed by atoms with van der Waals surface area (Å²) in [6.07, 6.45) is 1.69. The van der Waals surface area contributed by atoms with Gasteiger partial charge in [-0.3, -0.25) is 4.79 Å². The fourth-order valence-corrected chi connectivity index (χ4v) is 3.86. The number of carbonyl (C=O) groups is 1. The third-order valence-corrected chi connectivity index (χ3v) is 5.56. The van der Waals surface area contributed by atoms with E-state index in [1.165, 1.54) is 11.8 Å². The number of benzene rings is 2. The van der Waals surface area contributed by atoms with Gasteiger partial charge in [0.25, 0.3) is 5.91 Å². The van der Waals surface area contributed by atoms with E-state index in [1.807, 2.05) is 49.4 Å². The van der Waals surface area contributed by atoms with Crippen LogP contribution in [-0.4, -0.2) is 11.1 Å². The van der Waals surface area contributed by atoms with Gasteiger partial charge in [-0.25, -0.2) is 4.99 Å². The molecule has 7 heteroatoms. The highest BCUT2D eigenvalue weighted by atomic mass is 35.5. The second-order valence-electron chi connectivity index (χ2n) is 6.09. The number of thioether (sulfide) groups is 1. The third kappa shape index (κ3) is 4.02. The minimum absolute atomic E-state index is 0.229. The molecule has 4 rings (SSSR count). The van der Waals surface area contributed by atoms with Crippen LogP contribution < -0.4 is 5.32 Å². The molecule has 0 radical (unpaired) electrons. The predicted molar refractivity (Wildman–Crippen MR) is 116 cm³/mol. The van der Waals surface area contributed by atoms with E-state index in [-0.39, 0.29) is 5.91 Å². The Kier molecular flexibility index (Phi) is 5.31. The first-order valence-corrected chi connectivity index (χ1v) is 9.97. The van der Waals surface area contributed by atoms with Crippen LogP contribution in [-0.2, 0) is 4.79 Å². The lowest BCUT2D eigenvalue weighted by Gasteiger charge is -2.02. The number of para-hydroxylation sites is 1. The largest absolute Gasteiger partial charge is 0.457 e. The summed E-state index contributed by atoms with van der Waals surface area (Å²) in [5.74, 6) is 1.04. The summed E-state index contributed by atoms with van der Waals surface area (Å²) in [5, 5.41) is 4.38. The summed E-state index contributed by atoms with van der Waals surface area (Å²) in [4.78, 5) is 17.2. The van der Waals surface area contributed by atoms with E-state index >= 15 is 0 Å². The molecule has 28 heavy (non-hydrogen) atoms. The van der Waals surface area contributed by atoms with Gasteiger partial charge in [0.2, 0.25) is 0 Å². The number of rotatable bonds is 3. The monoisotopic (exact) mass is 428 g/mol. The number of furan rings is 1. The van der Waals surface area contributed by atoms with Gasteiger partial charge in [0, 0.05) is 16.7 Å². The zero-order chi connectivity index (χ0) is 19.7. The number of aryl methyl sites for hydroxylation is 1. The molecule has 3 aromatic rings. The molecule has 1 aromatic heterocycles. The normalized spacial score (nSPS) is 16.8. The second-order valence-corrected chi connectivity index (χ2v) is 7.97. The maximum absolute atomic E-state index is 12.3. The van der Waals surface area contributed by atoms with Crippen molar-refractivity contribution in [2.75, 3.05) is 0 Å². The average Bonchev–Trinajstić information content (AvgIpc) is 3.26. The smallest absolute Gasteiger partial charge is 0.264 e. The standard InChI is InChI=1S/C21H14Cl2N2O2S/c1-12-6-7-13(22)10-15(12)18-9-8-14(27-18)11-19-20(26)25-21(28-19)24-17-5-3-2-4-16(17)23/h2-11H,1H3,(H,24,25,26)/b19-11+. The Morgan fingerprint density at radius 3 is 2.75 bits per heavy atom. The number of halogens is 2. The molecule has 1 saturated heterocycles. The first kappa shape index (κ1) is 18.9. The third-order valence-electron chi connectivity index (χ3n) is 4.09. The lowest BCUT2D eigenvalue weighted by molar-refractivity contribution is -0.115. The first-order chi connectivity index (χ1) is 13.5. The Morgan fingerprint density at radius 1 is 1.11 bits per heavy atom. The van der Waals surface area contributed by atoms with Crippen molar-refractivity contribution in [3.8, 4) is 11.3 Å². The van der Waals surface area contributed by atoms with E-state index in [2.05, 4.69) is 10.3 Å². The molecule has 1 aliphatic rings. The Labute approximate surface area is 176 Å². The van der Waals surface area contributed by atoms with Crippen LogP contribution >= 0.6 is 35.0 Å². The van der Waals surface area contributed by atoms with Gasteiger partial charge in [0.1, 0.15) is 11.5 Å². The highest BCUT2D eigenvalue weighted by Gasteiger charge is 2.24. The van der Waals surface area contributed by atoms with Gasteiger partial charge >= 0.3 is 0 Å². The number of carbonyl (C=O) groups excluding carboxylic acids is 1. The van der Waals surface area contributed by atoms with Crippen LogP contribution in [0.4, 0.5) is 5.69 Å². The van der Waals surface area contributed by atoms with Crippen molar-refractivity contribution in [3.63, 3.8) is 0 Å². The van der Waals surface area contributed by atoms with Crippen LogP contribution in [0.5, 0.6) is 0 Å². The SMILES string of the molecule is Cc1ccc(Cl)cc1-c1ccc(/C=C2/SC(=Nc3ccccc3Cl)NC2=O)o1. The van der Waals surface area contributed by atoms with Crippen molar-refractivity contribution >= 4 is 57.8 Å². The zero-order valence-electron chi connectivity index (χ0n) is 14.7. The number of nitrogens with zero attached hydrogens (tertiary/aromatic N) is 1. The van der Waals surface area contributed by atoms with Gasteiger partial charge in [-0.1, -0.05) is 41.4 Å². The minimum Gasteiger partial charge on any atom is -0.457 e. The van der Waals surface area contributed by atoms with Crippen LogP contribution in [0.15, 0.2) is 68.9 Å². The van der Waals surface area contributed by atoms with E-state index in [0.717, 1.165) is 11.1 Å². The molecule has 0 saturated carbocycles. The lowest BCUT2D eigenvalue weighted by Crippen LogP contribution is -2.19. The summed E-state index contributed by atoms with van der Waals surface area (Å²) in [5.41, 5.74) is 2.58. The summed E-state index contributed by atoms with van der Waals surface area (Å²) in [6, 6.07) is 16.5. The number of hydrogen-bond donors (Lipinski definition) is 1. The number of aliphatic imine (C=N–C) groups is 1. The van der Waals surface area contributed by atoms with E-state index in [1.54, 1.807) is 18.2 Å². The lowest BCUT2D eigenvalue weighted by atomic mass is 10.1.